The molecule has 1 N–H and O–H groups in total. The van der Waals surface area contributed by atoms with Crippen LogP contribution in [0, 0.1) is 13.8 Å². The van der Waals surface area contributed by atoms with Gasteiger partial charge in [-0.15, -0.1) is 11.3 Å². The zero-order valence-corrected chi connectivity index (χ0v) is 11.8. The van der Waals surface area contributed by atoms with E-state index in [2.05, 4.69) is 43.6 Å². The molecule has 0 aliphatic carbocycles. The smallest absolute Gasteiger partial charge is 0.0377 e. The zero-order chi connectivity index (χ0) is 12.3. The lowest BCUT2D eigenvalue weighted by Gasteiger charge is -2.05. The van der Waals surface area contributed by atoms with Crippen molar-refractivity contribution in [2.24, 2.45) is 0 Å². The predicted molar refractivity (Wildman–Crippen MR) is 78.2 cm³/mol. The van der Waals surface area contributed by atoms with Crippen molar-refractivity contribution in [1.29, 1.82) is 0 Å². The molecule has 0 spiro atoms. The number of hydrogen-bond acceptors (Lipinski definition) is 2. The van der Waals surface area contributed by atoms with E-state index in [9.17, 15) is 0 Å². The van der Waals surface area contributed by atoms with E-state index in [4.69, 9.17) is 0 Å². The highest BCUT2D eigenvalue weighted by Gasteiger charge is 2.08. The Morgan fingerprint density at radius 3 is 2.65 bits per heavy atom. The molecule has 92 valence electrons. The fourth-order valence-corrected chi connectivity index (χ4v) is 3.39. The predicted octanol–water partition coefficient (Wildman–Crippen LogP) is 4.06. The molecule has 0 saturated heterocycles. The number of thiophene rings is 1. The Labute approximate surface area is 108 Å². The average Bonchev–Trinajstić information content (AvgIpc) is 2.75. The summed E-state index contributed by atoms with van der Waals surface area (Å²) in [5.74, 6) is 0. The summed E-state index contributed by atoms with van der Waals surface area (Å²) in [6.45, 7) is 8.85. The van der Waals surface area contributed by atoms with Crippen LogP contribution in [-0.2, 0) is 6.42 Å². The van der Waals surface area contributed by atoms with Crippen LogP contribution in [0.2, 0.25) is 0 Å². The summed E-state index contributed by atoms with van der Waals surface area (Å²) < 4.78 is 1.47. The molecule has 0 fully saturated rings. The Morgan fingerprint density at radius 2 is 1.88 bits per heavy atom. The van der Waals surface area contributed by atoms with Crippen LogP contribution in [-0.4, -0.2) is 13.1 Å². The Kier molecular flexibility index (Phi) is 4.19. The Balaban J connectivity index is 2.20. The van der Waals surface area contributed by atoms with Gasteiger partial charge < -0.3 is 5.32 Å². The Bertz CT molecular complexity index is 499. The van der Waals surface area contributed by atoms with Gasteiger partial charge in [0.15, 0.2) is 0 Å². The van der Waals surface area contributed by atoms with Crippen LogP contribution in [0.4, 0.5) is 0 Å². The van der Waals surface area contributed by atoms with Gasteiger partial charge in [-0.25, -0.2) is 0 Å². The van der Waals surface area contributed by atoms with Gasteiger partial charge in [-0.05, 0) is 67.2 Å². The van der Waals surface area contributed by atoms with E-state index < -0.39 is 0 Å². The minimum atomic E-state index is 1.09. The van der Waals surface area contributed by atoms with Crippen LogP contribution in [0.5, 0.6) is 0 Å². The summed E-state index contributed by atoms with van der Waals surface area (Å²) in [5.41, 5.74) is 4.33. The summed E-state index contributed by atoms with van der Waals surface area (Å²) >= 11 is 1.89. The molecule has 0 unspecified atom stereocenters. The van der Waals surface area contributed by atoms with Crippen molar-refractivity contribution in [3.8, 4) is 0 Å². The molecule has 2 heteroatoms. The van der Waals surface area contributed by atoms with E-state index in [0.29, 0.717) is 0 Å². The van der Waals surface area contributed by atoms with Crippen molar-refractivity contribution < 1.29 is 0 Å². The average molecular weight is 247 g/mol. The third kappa shape index (κ3) is 2.70. The van der Waals surface area contributed by atoms with E-state index in [0.717, 1.165) is 19.5 Å². The minimum Gasteiger partial charge on any atom is -0.316 e. The quantitative estimate of drug-likeness (QED) is 0.786. The first-order valence-electron chi connectivity index (χ1n) is 6.41. The molecule has 1 heterocycles. The minimum absolute atomic E-state index is 1.09. The lowest BCUT2D eigenvalue weighted by Crippen LogP contribution is -2.17. The first-order chi connectivity index (χ1) is 8.24. The van der Waals surface area contributed by atoms with E-state index >= 15 is 0 Å². The molecular formula is C15H21NS. The molecule has 0 bridgehead atoms. The van der Waals surface area contributed by atoms with Crippen LogP contribution < -0.4 is 5.32 Å². The molecule has 0 amide bonds. The molecule has 1 aromatic heterocycles. The number of hydrogen-bond donors (Lipinski definition) is 1. The largest absolute Gasteiger partial charge is 0.316 e. The number of rotatable bonds is 5. The van der Waals surface area contributed by atoms with E-state index in [1.807, 2.05) is 11.3 Å². The van der Waals surface area contributed by atoms with Crippen molar-refractivity contribution in [3.05, 3.63) is 34.2 Å². The van der Waals surface area contributed by atoms with Crippen molar-refractivity contribution in [2.45, 2.75) is 33.6 Å². The van der Waals surface area contributed by atoms with Gasteiger partial charge in [0.25, 0.3) is 0 Å². The standard InChI is InChI=1S/C15H21NS/c1-4-8-16-9-7-13-10-17-15-12(3)6-5-11(2)14(13)15/h5-6,10,16H,4,7-9H2,1-3H3. The molecule has 1 nitrogen and oxygen atoms in total. The van der Waals surface area contributed by atoms with Crippen molar-refractivity contribution in [3.63, 3.8) is 0 Å². The summed E-state index contributed by atoms with van der Waals surface area (Å²) in [6.07, 6.45) is 2.35. The monoisotopic (exact) mass is 247 g/mol. The molecule has 0 saturated carbocycles. The highest BCUT2D eigenvalue weighted by Crippen LogP contribution is 2.31. The second-order valence-electron chi connectivity index (χ2n) is 4.66. The molecule has 2 rings (SSSR count). The normalized spacial score (nSPS) is 11.2. The van der Waals surface area contributed by atoms with Crippen molar-refractivity contribution >= 4 is 21.4 Å². The van der Waals surface area contributed by atoms with Crippen LogP contribution in [0.25, 0.3) is 10.1 Å². The maximum absolute atomic E-state index is 3.48. The third-order valence-corrected chi connectivity index (χ3v) is 4.37. The summed E-state index contributed by atoms with van der Waals surface area (Å²) in [7, 11) is 0. The number of aryl methyl sites for hydroxylation is 2. The fraction of sp³-hybridized carbons (Fsp3) is 0.467. The van der Waals surface area contributed by atoms with Crippen molar-refractivity contribution in [2.75, 3.05) is 13.1 Å². The van der Waals surface area contributed by atoms with Gasteiger partial charge in [-0.3, -0.25) is 0 Å². The molecular weight excluding hydrogens is 226 g/mol. The molecule has 1 aromatic carbocycles. The lowest BCUT2D eigenvalue weighted by atomic mass is 10.0. The number of nitrogens with one attached hydrogen (secondary N) is 1. The van der Waals surface area contributed by atoms with Gasteiger partial charge >= 0.3 is 0 Å². The summed E-state index contributed by atoms with van der Waals surface area (Å²) in [6, 6.07) is 4.47. The van der Waals surface area contributed by atoms with Crippen LogP contribution in [0.15, 0.2) is 17.5 Å². The summed E-state index contributed by atoms with van der Waals surface area (Å²) in [5, 5.41) is 7.30. The first kappa shape index (κ1) is 12.6. The first-order valence-corrected chi connectivity index (χ1v) is 7.29. The molecule has 0 aliphatic heterocycles. The van der Waals surface area contributed by atoms with Crippen LogP contribution in [0.3, 0.4) is 0 Å². The highest BCUT2D eigenvalue weighted by atomic mass is 32.1. The van der Waals surface area contributed by atoms with Gasteiger partial charge in [-0.1, -0.05) is 19.1 Å². The topological polar surface area (TPSA) is 12.0 Å². The van der Waals surface area contributed by atoms with Gasteiger partial charge in [0.05, 0.1) is 0 Å². The highest BCUT2D eigenvalue weighted by molar-refractivity contribution is 7.17. The molecule has 2 aromatic rings. The van der Waals surface area contributed by atoms with E-state index in [1.165, 1.54) is 33.2 Å². The SMILES string of the molecule is CCCNCCc1csc2c(C)ccc(C)c12. The Hall–Kier alpha value is -0.860. The lowest BCUT2D eigenvalue weighted by molar-refractivity contribution is 0.673. The fourth-order valence-electron chi connectivity index (χ4n) is 2.23. The molecule has 0 atom stereocenters. The molecule has 0 radical (unpaired) electrons. The van der Waals surface area contributed by atoms with Gasteiger partial charge in [0.2, 0.25) is 0 Å². The number of fused-ring (bicyclic) bond motifs is 1. The van der Waals surface area contributed by atoms with Gasteiger partial charge in [0, 0.05) is 4.70 Å². The number of benzene rings is 1. The summed E-state index contributed by atoms with van der Waals surface area (Å²) in [4.78, 5) is 0. The zero-order valence-electron chi connectivity index (χ0n) is 11.0. The molecule has 17 heavy (non-hydrogen) atoms. The second kappa shape index (κ2) is 5.65. The second-order valence-corrected chi connectivity index (χ2v) is 5.54. The maximum Gasteiger partial charge on any atom is 0.0377 e. The van der Waals surface area contributed by atoms with Crippen molar-refractivity contribution in [1.82, 2.24) is 5.32 Å². The Morgan fingerprint density at radius 1 is 1.12 bits per heavy atom. The van der Waals surface area contributed by atoms with Gasteiger partial charge in [0.1, 0.15) is 0 Å². The van der Waals surface area contributed by atoms with E-state index in [1.54, 1.807) is 0 Å². The van der Waals surface area contributed by atoms with Crippen LogP contribution in [0.1, 0.15) is 30.0 Å². The van der Waals surface area contributed by atoms with Crippen LogP contribution >= 0.6 is 11.3 Å². The molecule has 0 aliphatic rings. The van der Waals surface area contributed by atoms with E-state index in [-0.39, 0.29) is 0 Å². The maximum atomic E-state index is 3.48. The van der Waals surface area contributed by atoms with Gasteiger partial charge in [-0.2, -0.15) is 0 Å². The third-order valence-electron chi connectivity index (χ3n) is 3.20.